The normalized spacial score (nSPS) is 23.0. The van der Waals surface area contributed by atoms with Gasteiger partial charge >= 0.3 is 0 Å². The number of hydrogen-bond donors (Lipinski definition) is 2. The Balaban J connectivity index is 1.96. The van der Waals surface area contributed by atoms with Gasteiger partial charge in [-0.2, -0.15) is 0 Å². The first-order valence-corrected chi connectivity index (χ1v) is 8.12. The van der Waals surface area contributed by atoms with Gasteiger partial charge in [0.05, 0.1) is 11.5 Å². The number of aromatic nitrogens is 2. The summed E-state index contributed by atoms with van der Waals surface area (Å²) in [7, 11) is 0. The van der Waals surface area contributed by atoms with E-state index in [1.54, 1.807) is 11.3 Å². The predicted molar refractivity (Wildman–Crippen MR) is 83.3 cm³/mol. The number of ketones is 1. The second kappa shape index (κ2) is 4.46. The second-order valence-electron chi connectivity index (χ2n) is 6.65. The minimum Gasteiger partial charge on any atom is -0.443 e. The Morgan fingerprint density at radius 3 is 2.82 bits per heavy atom. The zero-order valence-electron chi connectivity index (χ0n) is 12.4. The van der Waals surface area contributed by atoms with Gasteiger partial charge in [-0.15, -0.1) is 11.3 Å². The van der Waals surface area contributed by atoms with Crippen LogP contribution >= 0.6 is 11.3 Å². The monoisotopic (exact) mass is 316 g/mol. The van der Waals surface area contributed by atoms with Crippen LogP contribution in [0.3, 0.4) is 0 Å². The van der Waals surface area contributed by atoms with Gasteiger partial charge in [0, 0.05) is 23.3 Å². The van der Waals surface area contributed by atoms with Crippen LogP contribution in [0.5, 0.6) is 5.88 Å². The summed E-state index contributed by atoms with van der Waals surface area (Å²) in [6.45, 7) is 4.13. The van der Waals surface area contributed by atoms with Gasteiger partial charge in [-0.3, -0.25) is 19.8 Å². The number of H-pyrrole nitrogens is 2. The fourth-order valence-corrected chi connectivity index (χ4v) is 4.24. The Hall–Kier alpha value is -2.08. The molecule has 0 radical (unpaired) electrons. The lowest BCUT2D eigenvalue weighted by molar-refractivity contribution is -0.118. The van der Waals surface area contributed by atoms with Crippen LogP contribution in [-0.4, -0.2) is 16.0 Å². The highest BCUT2D eigenvalue weighted by Crippen LogP contribution is 2.49. The Morgan fingerprint density at radius 2 is 2.09 bits per heavy atom. The number of rotatable bonds is 1. The van der Waals surface area contributed by atoms with Crippen LogP contribution in [0.1, 0.15) is 43.0 Å². The summed E-state index contributed by atoms with van der Waals surface area (Å²) in [4.78, 5) is 25.9. The molecule has 0 saturated carbocycles. The van der Waals surface area contributed by atoms with Crippen molar-refractivity contribution in [3.8, 4) is 5.88 Å². The molecule has 0 amide bonds. The third-order valence-corrected chi connectivity index (χ3v) is 5.23. The Bertz CT molecular complexity index is 839. The number of aromatic amines is 2. The maximum atomic E-state index is 12.7. The molecule has 1 atom stereocenters. The molecule has 2 aliphatic rings. The highest BCUT2D eigenvalue weighted by molar-refractivity contribution is 7.10. The molecule has 5 nitrogen and oxygen atoms in total. The number of thiophene rings is 1. The van der Waals surface area contributed by atoms with E-state index in [4.69, 9.17) is 4.74 Å². The number of fused-ring (bicyclic) bond motifs is 1. The number of carbonyl (C=O) groups excluding carboxylic acids is 1. The molecule has 22 heavy (non-hydrogen) atoms. The van der Waals surface area contributed by atoms with Crippen molar-refractivity contribution in [2.45, 2.75) is 32.6 Å². The first-order chi connectivity index (χ1) is 10.5. The van der Waals surface area contributed by atoms with E-state index >= 15 is 0 Å². The lowest BCUT2D eigenvalue weighted by Gasteiger charge is -2.36. The van der Waals surface area contributed by atoms with Gasteiger partial charge in [-0.05, 0) is 16.9 Å². The number of hydrogen-bond acceptors (Lipinski definition) is 4. The largest absolute Gasteiger partial charge is 0.443 e. The van der Waals surface area contributed by atoms with Crippen molar-refractivity contribution in [3.05, 3.63) is 49.6 Å². The van der Waals surface area contributed by atoms with Gasteiger partial charge in [-0.25, -0.2) is 0 Å². The smallest absolute Gasteiger partial charge is 0.272 e. The molecule has 114 valence electrons. The molecule has 2 aromatic rings. The van der Waals surface area contributed by atoms with E-state index < -0.39 is 0 Å². The lowest BCUT2D eigenvalue weighted by Crippen LogP contribution is -2.33. The van der Waals surface area contributed by atoms with Crippen molar-refractivity contribution in [1.82, 2.24) is 10.2 Å². The number of carbonyl (C=O) groups is 1. The molecule has 1 aliphatic heterocycles. The molecule has 2 aromatic heterocycles. The first kappa shape index (κ1) is 13.6. The van der Waals surface area contributed by atoms with Crippen LogP contribution < -0.4 is 10.3 Å². The summed E-state index contributed by atoms with van der Waals surface area (Å²) in [5.41, 5.74) is 0.815. The van der Waals surface area contributed by atoms with Crippen LogP contribution in [0, 0.1) is 5.41 Å². The van der Waals surface area contributed by atoms with E-state index in [0.717, 1.165) is 4.88 Å². The maximum Gasteiger partial charge on any atom is 0.272 e. The quantitative estimate of drug-likeness (QED) is 0.849. The molecule has 0 unspecified atom stereocenters. The molecular formula is C16H16N2O3S. The van der Waals surface area contributed by atoms with E-state index in [0.29, 0.717) is 35.6 Å². The lowest BCUT2D eigenvalue weighted by atomic mass is 9.71. The van der Waals surface area contributed by atoms with Crippen molar-refractivity contribution in [1.29, 1.82) is 0 Å². The van der Waals surface area contributed by atoms with Crippen molar-refractivity contribution in [3.63, 3.8) is 0 Å². The Morgan fingerprint density at radius 1 is 1.27 bits per heavy atom. The van der Waals surface area contributed by atoms with E-state index in [-0.39, 0.29) is 22.7 Å². The Kier molecular flexibility index (Phi) is 2.75. The summed E-state index contributed by atoms with van der Waals surface area (Å²) < 4.78 is 5.87. The number of allylic oxidation sites excluding steroid dienone is 2. The molecule has 6 heteroatoms. The summed E-state index contributed by atoms with van der Waals surface area (Å²) >= 11 is 1.55. The molecule has 0 saturated heterocycles. The van der Waals surface area contributed by atoms with Gasteiger partial charge in [-0.1, -0.05) is 19.9 Å². The van der Waals surface area contributed by atoms with Crippen LogP contribution in [0.25, 0.3) is 0 Å². The summed E-state index contributed by atoms with van der Waals surface area (Å²) in [5, 5.41) is 7.33. The fourth-order valence-electron chi connectivity index (χ4n) is 3.39. The summed E-state index contributed by atoms with van der Waals surface area (Å²) in [6.07, 6.45) is 1.18. The fraction of sp³-hybridized carbons (Fsp3) is 0.375. The summed E-state index contributed by atoms with van der Waals surface area (Å²) in [6, 6.07) is 3.90. The van der Waals surface area contributed by atoms with Crippen LogP contribution in [0.2, 0.25) is 0 Å². The van der Waals surface area contributed by atoms with Gasteiger partial charge in [0.15, 0.2) is 5.78 Å². The molecule has 0 spiro atoms. The van der Waals surface area contributed by atoms with Gasteiger partial charge in [0.25, 0.3) is 5.56 Å². The zero-order chi connectivity index (χ0) is 15.5. The molecule has 1 aliphatic carbocycles. The average molecular weight is 316 g/mol. The van der Waals surface area contributed by atoms with Crippen LogP contribution in [0.4, 0.5) is 0 Å². The number of ether oxygens (including phenoxy) is 1. The predicted octanol–water partition coefficient (Wildman–Crippen LogP) is 2.93. The molecule has 0 fully saturated rings. The van der Waals surface area contributed by atoms with E-state index in [2.05, 4.69) is 24.0 Å². The van der Waals surface area contributed by atoms with Crippen molar-refractivity contribution < 1.29 is 9.53 Å². The van der Waals surface area contributed by atoms with Gasteiger partial charge in [0.2, 0.25) is 5.88 Å². The molecule has 3 heterocycles. The van der Waals surface area contributed by atoms with Crippen molar-refractivity contribution >= 4 is 17.1 Å². The zero-order valence-corrected chi connectivity index (χ0v) is 13.2. The number of nitrogens with one attached hydrogen (secondary N) is 2. The highest BCUT2D eigenvalue weighted by atomic mass is 32.1. The third-order valence-electron chi connectivity index (χ3n) is 4.29. The minimum atomic E-state index is -0.322. The molecule has 2 N–H and O–H groups in total. The maximum absolute atomic E-state index is 12.7. The highest BCUT2D eigenvalue weighted by Gasteiger charge is 2.44. The van der Waals surface area contributed by atoms with Crippen LogP contribution in [-0.2, 0) is 4.79 Å². The van der Waals surface area contributed by atoms with E-state index in [1.165, 1.54) is 0 Å². The molecule has 4 rings (SSSR count). The second-order valence-corrected chi connectivity index (χ2v) is 7.63. The van der Waals surface area contributed by atoms with Crippen molar-refractivity contribution in [2.24, 2.45) is 5.41 Å². The van der Waals surface area contributed by atoms with Gasteiger partial charge in [0.1, 0.15) is 5.76 Å². The van der Waals surface area contributed by atoms with Crippen molar-refractivity contribution in [2.75, 3.05) is 0 Å². The minimum absolute atomic E-state index is 0.0795. The van der Waals surface area contributed by atoms with Gasteiger partial charge < -0.3 is 4.74 Å². The average Bonchev–Trinajstić information content (AvgIpc) is 3.05. The topological polar surface area (TPSA) is 75.0 Å². The Labute approximate surface area is 131 Å². The molecule has 0 bridgehead atoms. The molecule has 0 aromatic carbocycles. The summed E-state index contributed by atoms with van der Waals surface area (Å²) in [5.74, 6) is 0.892. The van der Waals surface area contributed by atoms with E-state index in [9.17, 15) is 9.59 Å². The van der Waals surface area contributed by atoms with Crippen LogP contribution in [0.15, 0.2) is 33.6 Å². The standard InChI is InChI=1S/C16H16N2O3S/c1-16(2)6-8(19)11-9(7-16)21-15-13(14(20)17-18-15)12(11)10-4-3-5-22-10/h3-5,12H,6-7H2,1-2H3,(H2,17,18,20)/t12-/m0/s1. The molecular weight excluding hydrogens is 300 g/mol. The third kappa shape index (κ3) is 1.90. The van der Waals surface area contributed by atoms with E-state index in [1.807, 2.05) is 17.5 Å². The SMILES string of the molecule is CC1(C)CC(=O)C2=C(C1)Oc1[nH][nH]c(=O)c1[C@H]2c1cccs1. The first-order valence-electron chi connectivity index (χ1n) is 7.24. The number of Topliss-reactive ketones (excluding diaryl/α,β-unsaturated/α-hetero) is 1.